The lowest BCUT2D eigenvalue weighted by atomic mass is 9.90. The highest BCUT2D eigenvalue weighted by Gasteiger charge is 2.37. The number of hydrogen-bond donors (Lipinski definition) is 2. The van der Waals surface area contributed by atoms with Crippen LogP contribution in [0.5, 0.6) is 0 Å². The summed E-state index contributed by atoms with van der Waals surface area (Å²) in [6.45, 7) is 5.21. The van der Waals surface area contributed by atoms with E-state index in [1.807, 2.05) is 0 Å². The van der Waals surface area contributed by atoms with E-state index in [1.54, 1.807) is 0 Å². The molecule has 3 atom stereocenters. The molecule has 2 saturated carbocycles. The van der Waals surface area contributed by atoms with Gasteiger partial charge in [0.05, 0.1) is 0 Å². The van der Waals surface area contributed by atoms with Gasteiger partial charge in [0.1, 0.15) is 0 Å². The van der Waals surface area contributed by atoms with Crippen molar-refractivity contribution in [2.45, 2.75) is 63.6 Å². The number of hydrogen-bond acceptors (Lipinski definition) is 3. The van der Waals surface area contributed by atoms with Crippen molar-refractivity contribution in [3.63, 3.8) is 0 Å². The van der Waals surface area contributed by atoms with Gasteiger partial charge in [-0.05, 0) is 57.3 Å². The first kappa shape index (κ1) is 12.9. The van der Waals surface area contributed by atoms with Crippen molar-refractivity contribution in [1.82, 2.24) is 10.2 Å². The molecular weight excluding hydrogens is 224 g/mol. The van der Waals surface area contributed by atoms with Gasteiger partial charge in [-0.2, -0.15) is 0 Å². The van der Waals surface area contributed by atoms with Gasteiger partial charge in [0.15, 0.2) is 0 Å². The minimum atomic E-state index is 0.354. The summed E-state index contributed by atoms with van der Waals surface area (Å²) in [5.41, 5.74) is 0. The fourth-order valence-corrected chi connectivity index (χ4v) is 3.55. The Labute approximate surface area is 111 Å². The smallest absolute Gasteiger partial charge is 0.0434 e. The van der Waals surface area contributed by atoms with Crippen molar-refractivity contribution in [2.75, 3.05) is 19.7 Å². The standard InChI is InChI=1S/C15H28N2O/c1-11(13-2-3-13)17-9-12(6-7-18)8-15(10-17)16-14-4-5-14/h11-16,18H,2-10H2,1H3. The van der Waals surface area contributed by atoms with Gasteiger partial charge >= 0.3 is 0 Å². The maximum atomic E-state index is 9.21. The highest BCUT2D eigenvalue weighted by atomic mass is 16.3. The van der Waals surface area contributed by atoms with Crippen LogP contribution in [0, 0.1) is 11.8 Å². The normalized spacial score (nSPS) is 35.7. The Morgan fingerprint density at radius 1 is 1.17 bits per heavy atom. The molecule has 3 nitrogen and oxygen atoms in total. The van der Waals surface area contributed by atoms with Crippen LogP contribution in [-0.4, -0.2) is 47.8 Å². The number of nitrogens with zero attached hydrogens (tertiary/aromatic N) is 1. The molecule has 1 saturated heterocycles. The Hall–Kier alpha value is -0.120. The van der Waals surface area contributed by atoms with Crippen molar-refractivity contribution in [3.05, 3.63) is 0 Å². The number of aliphatic hydroxyl groups excluding tert-OH is 1. The lowest BCUT2D eigenvalue weighted by molar-refractivity contribution is 0.0817. The summed E-state index contributed by atoms with van der Waals surface area (Å²) in [6, 6.07) is 2.24. The molecule has 3 fully saturated rings. The van der Waals surface area contributed by atoms with Gasteiger partial charge in [-0.25, -0.2) is 0 Å². The summed E-state index contributed by atoms with van der Waals surface area (Å²) in [4.78, 5) is 2.70. The average Bonchev–Trinajstić information content (AvgIpc) is 3.22. The second kappa shape index (κ2) is 5.48. The number of aliphatic hydroxyl groups is 1. The first-order valence-corrected chi connectivity index (χ1v) is 7.87. The van der Waals surface area contributed by atoms with Crippen LogP contribution in [0.25, 0.3) is 0 Å². The third-order valence-electron chi connectivity index (χ3n) is 5.03. The summed E-state index contributed by atoms with van der Waals surface area (Å²) in [6.07, 6.45) is 7.87. The average molecular weight is 252 g/mol. The zero-order valence-corrected chi connectivity index (χ0v) is 11.6. The summed E-state index contributed by atoms with van der Waals surface area (Å²) < 4.78 is 0. The first-order chi connectivity index (χ1) is 8.76. The molecule has 104 valence electrons. The Morgan fingerprint density at radius 3 is 2.56 bits per heavy atom. The van der Waals surface area contributed by atoms with Gasteiger partial charge in [-0.3, -0.25) is 4.90 Å². The molecular formula is C15H28N2O. The van der Waals surface area contributed by atoms with Gasteiger partial charge in [0.2, 0.25) is 0 Å². The highest BCUT2D eigenvalue weighted by Crippen LogP contribution is 2.37. The molecule has 0 spiro atoms. The Morgan fingerprint density at radius 2 is 1.94 bits per heavy atom. The van der Waals surface area contributed by atoms with Gasteiger partial charge in [0.25, 0.3) is 0 Å². The van der Waals surface area contributed by atoms with E-state index in [1.165, 1.54) is 45.2 Å². The van der Waals surface area contributed by atoms with Crippen molar-refractivity contribution < 1.29 is 5.11 Å². The second-order valence-electron chi connectivity index (χ2n) is 6.78. The highest BCUT2D eigenvalue weighted by molar-refractivity contribution is 4.94. The topological polar surface area (TPSA) is 35.5 Å². The largest absolute Gasteiger partial charge is 0.396 e. The summed E-state index contributed by atoms with van der Waals surface area (Å²) >= 11 is 0. The Bertz CT molecular complexity index is 276. The van der Waals surface area contributed by atoms with Crippen LogP contribution < -0.4 is 5.32 Å². The maximum Gasteiger partial charge on any atom is 0.0434 e. The van der Waals surface area contributed by atoms with Crippen molar-refractivity contribution in [3.8, 4) is 0 Å². The third-order valence-corrected chi connectivity index (χ3v) is 5.03. The summed E-state index contributed by atoms with van der Waals surface area (Å²) in [5.74, 6) is 1.65. The van der Waals surface area contributed by atoms with Crippen molar-refractivity contribution >= 4 is 0 Å². The quantitative estimate of drug-likeness (QED) is 0.754. The molecule has 0 aromatic rings. The molecule has 0 bridgehead atoms. The first-order valence-electron chi connectivity index (χ1n) is 7.87. The van der Waals surface area contributed by atoms with E-state index < -0.39 is 0 Å². The Kier molecular flexibility index (Phi) is 3.92. The monoisotopic (exact) mass is 252 g/mol. The molecule has 0 aromatic heterocycles. The molecule has 3 heteroatoms. The number of nitrogens with one attached hydrogen (secondary N) is 1. The van der Waals surface area contributed by atoms with E-state index in [-0.39, 0.29) is 0 Å². The maximum absolute atomic E-state index is 9.21. The van der Waals surface area contributed by atoms with Crippen LogP contribution in [0.15, 0.2) is 0 Å². The molecule has 0 radical (unpaired) electrons. The number of likely N-dealkylation sites (tertiary alicyclic amines) is 1. The fourth-order valence-electron chi connectivity index (χ4n) is 3.55. The van der Waals surface area contributed by atoms with Crippen molar-refractivity contribution in [1.29, 1.82) is 0 Å². The zero-order valence-electron chi connectivity index (χ0n) is 11.6. The zero-order chi connectivity index (χ0) is 12.5. The van der Waals surface area contributed by atoms with Crippen LogP contribution >= 0.6 is 0 Å². The van der Waals surface area contributed by atoms with Crippen molar-refractivity contribution in [2.24, 2.45) is 11.8 Å². The van der Waals surface area contributed by atoms with Crippen LogP contribution in [0.3, 0.4) is 0 Å². The van der Waals surface area contributed by atoms with E-state index in [9.17, 15) is 5.11 Å². The minimum absolute atomic E-state index is 0.354. The SMILES string of the molecule is CC(C1CC1)N1CC(CCO)CC(NC2CC2)C1. The molecule has 2 N–H and O–H groups in total. The van der Waals surface area contributed by atoms with Gasteiger partial charge < -0.3 is 10.4 Å². The van der Waals surface area contributed by atoms with Crippen LogP contribution in [0.2, 0.25) is 0 Å². The molecule has 2 aliphatic carbocycles. The van der Waals surface area contributed by atoms with Gasteiger partial charge in [-0.15, -0.1) is 0 Å². The van der Waals surface area contributed by atoms with E-state index >= 15 is 0 Å². The summed E-state index contributed by atoms with van der Waals surface area (Å²) in [5, 5.41) is 13.0. The lowest BCUT2D eigenvalue weighted by Crippen LogP contribution is -2.53. The molecule has 18 heavy (non-hydrogen) atoms. The number of piperidine rings is 1. The van der Waals surface area contributed by atoms with E-state index in [0.29, 0.717) is 18.6 Å². The predicted molar refractivity (Wildman–Crippen MR) is 73.5 cm³/mol. The minimum Gasteiger partial charge on any atom is -0.396 e. The van der Waals surface area contributed by atoms with E-state index in [2.05, 4.69) is 17.1 Å². The molecule has 1 heterocycles. The van der Waals surface area contributed by atoms with Gasteiger partial charge in [0, 0.05) is 37.8 Å². The fraction of sp³-hybridized carbons (Fsp3) is 1.00. The van der Waals surface area contributed by atoms with E-state index in [0.717, 1.165) is 24.4 Å². The second-order valence-corrected chi connectivity index (χ2v) is 6.78. The van der Waals surface area contributed by atoms with E-state index in [4.69, 9.17) is 0 Å². The van der Waals surface area contributed by atoms with Crippen LogP contribution in [0.1, 0.15) is 45.4 Å². The Balaban J connectivity index is 1.57. The van der Waals surface area contributed by atoms with Crippen LogP contribution in [-0.2, 0) is 0 Å². The molecule has 1 aliphatic heterocycles. The molecule has 0 aromatic carbocycles. The molecule has 3 rings (SSSR count). The lowest BCUT2D eigenvalue weighted by Gasteiger charge is -2.41. The molecule has 3 aliphatic rings. The molecule has 0 amide bonds. The summed E-state index contributed by atoms with van der Waals surface area (Å²) in [7, 11) is 0. The predicted octanol–water partition coefficient (Wildman–Crippen LogP) is 1.61. The number of rotatable bonds is 6. The third kappa shape index (κ3) is 3.25. The molecule has 3 unspecified atom stereocenters. The van der Waals surface area contributed by atoms with Crippen LogP contribution in [0.4, 0.5) is 0 Å². The van der Waals surface area contributed by atoms with Gasteiger partial charge in [-0.1, -0.05) is 0 Å².